The number of ether oxygens (including phenoxy) is 2. The first-order valence-corrected chi connectivity index (χ1v) is 20.9. The summed E-state index contributed by atoms with van der Waals surface area (Å²) in [7, 11) is 1.48. The Morgan fingerprint density at radius 3 is 1.54 bits per heavy atom. The quantitative estimate of drug-likeness (QED) is 0.0228. The van der Waals surface area contributed by atoms with E-state index in [0.717, 1.165) is 51.4 Å². The molecule has 0 radical (unpaired) electrons. The smallest absolute Gasteiger partial charge is 0.462 e. The van der Waals surface area contributed by atoms with Gasteiger partial charge in [0, 0.05) is 12.8 Å². The zero-order valence-corrected chi connectivity index (χ0v) is 32.6. The maximum atomic E-state index is 12.6. The van der Waals surface area contributed by atoms with E-state index in [0.29, 0.717) is 23.9 Å². The number of likely N-dealkylation sites (N-methyl/N-ethyl adjacent to an activating group) is 1. The lowest BCUT2D eigenvalue weighted by atomic mass is 10.1. The van der Waals surface area contributed by atoms with E-state index in [1.165, 1.54) is 83.5 Å². The van der Waals surface area contributed by atoms with Crippen molar-refractivity contribution >= 4 is 19.8 Å². The average molecular weight is 705 g/mol. The van der Waals surface area contributed by atoms with Crippen molar-refractivity contribution in [2.75, 3.05) is 47.5 Å². The summed E-state index contributed by atoms with van der Waals surface area (Å²) in [5.74, 6) is -0.807. The van der Waals surface area contributed by atoms with Gasteiger partial charge in [-0.25, -0.2) is 4.57 Å². The van der Waals surface area contributed by atoms with Crippen LogP contribution in [0, 0.1) is 0 Å². The first kappa shape index (κ1) is 46.8. The molecule has 10 heteroatoms. The number of hydrogen-bond acceptors (Lipinski definition) is 7. The van der Waals surface area contributed by atoms with Gasteiger partial charge in [0.2, 0.25) is 0 Å². The molecular formula is C38H75NO8P+. The van der Waals surface area contributed by atoms with E-state index in [-0.39, 0.29) is 25.6 Å². The van der Waals surface area contributed by atoms with Crippen molar-refractivity contribution in [3.63, 3.8) is 0 Å². The van der Waals surface area contributed by atoms with Crippen LogP contribution in [0.25, 0.3) is 0 Å². The minimum atomic E-state index is -4.36. The fraction of sp³-hybridized carbons (Fsp3) is 0.895. The predicted octanol–water partition coefficient (Wildman–Crippen LogP) is 10.2. The lowest BCUT2D eigenvalue weighted by Gasteiger charge is -2.24. The van der Waals surface area contributed by atoms with Crippen molar-refractivity contribution in [1.29, 1.82) is 0 Å². The van der Waals surface area contributed by atoms with E-state index in [1.807, 2.05) is 21.1 Å². The fourth-order valence-corrected chi connectivity index (χ4v) is 5.93. The summed E-state index contributed by atoms with van der Waals surface area (Å²) >= 11 is 0. The standard InChI is InChI=1S/C38H74NO8P/c1-6-8-10-12-14-16-18-19-20-21-23-25-27-29-31-38(41)47-36(35-46-48(42,43)45-33-32-39(3,4)5)34-44-37(40)30-28-26-24-22-17-15-13-11-9-7-2/h18-19,36H,6-17,20-35H2,1-5H3/p+1/b19-18+/t36-/m1/s1. The zero-order chi connectivity index (χ0) is 35.8. The van der Waals surface area contributed by atoms with E-state index >= 15 is 0 Å². The summed E-state index contributed by atoms with van der Waals surface area (Å²) in [6, 6.07) is 0. The number of quaternary nitrogens is 1. The van der Waals surface area contributed by atoms with Crippen LogP contribution in [0.3, 0.4) is 0 Å². The largest absolute Gasteiger partial charge is 0.472 e. The molecule has 0 amide bonds. The third-order valence-electron chi connectivity index (χ3n) is 8.30. The van der Waals surface area contributed by atoms with Gasteiger partial charge in [-0.3, -0.25) is 18.6 Å². The molecule has 0 aliphatic rings. The van der Waals surface area contributed by atoms with Gasteiger partial charge in [-0.05, 0) is 38.5 Å². The van der Waals surface area contributed by atoms with Crippen LogP contribution in [0.5, 0.6) is 0 Å². The van der Waals surface area contributed by atoms with Crippen LogP contribution >= 0.6 is 7.82 Å². The molecule has 0 heterocycles. The highest BCUT2D eigenvalue weighted by Crippen LogP contribution is 2.43. The van der Waals surface area contributed by atoms with Crippen molar-refractivity contribution in [2.45, 2.75) is 174 Å². The van der Waals surface area contributed by atoms with Crippen molar-refractivity contribution in [2.24, 2.45) is 0 Å². The monoisotopic (exact) mass is 705 g/mol. The molecule has 48 heavy (non-hydrogen) atoms. The van der Waals surface area contributed by atoms with E-state index in [4.69, 9.17) is 18.5 Å². The second-order valence-electron chi connectivity index (χ2n) is 14.3. The Morgan fingerprint density at radius 2 is 1.06 bits per heavy atom. The molecule has 9 nitrogen and oxygen atoms in total. The zero-order valence-electron chi connectivity index (χ0n) is 31.7. The van der Waals surface area contributed by atoms with Gasteiger partial charge in [0.15, 0.2) is 6.10 Å². The van der Waals surface area contributed by atoms with E-state index < -0.39 is 26.5 Å². The normalized spacial score (nSPS) is 13.9. The van der Waals surface area contributed by atoms with Gasteiger partial charge in [0.25, 0.3) is 0 Å². The van der Waals surface area contributed by atoms with Gasteiger partial charge < -0.3 is 18.9 Å². The minimum absolute atomic E-state index is 0.0327. The Morgan fingerprint density at radius 1 is 0.625 bits per heavy atom. The van der Waals surface area contributed by atoms with Crippen LogP contribution < -0.4 is 0 Å². The summed E-state index contributed by atoms with van der Waals surface area (Å²) in [6.07, 6.45) is 29.7. The molecule has 0 spiro atoms. The molecule has 0 saturated heterocycles. The Labute approximate surface area is 295 Å². The Balaban J connectivity index is 4.44. The van der Waals surface area contributed by atoms with Crippen LogP contribution in [0.2, 0.25) is 0 Å². The van der Waals surface area contributed by atoms with Crippen molar-refractivity contribution in [3.05, 3.63) is 12.2 Å². The van der Waals surface area contributed by atoms with Gasteiger partial charge in [-0.1, -0.05) is 129 Å². The van der Waals surface area contributed by atoms with Crippen LogP contribution in [-0.4, -0.2) is 74.9 Å². The summed E-state index contributed by atoms with van der Waals surface area (Å²) in [4.78, 5) is 35.1. The summed E-state index contributed by atoms with van der Waals surface area (Å²) < 4.78 is 34.1. The Kier molecular flexibility index (Phi) is 30.9. The molecule has 0 saturated carbocycles. The topological polar surface area (TPSA) is 108 Å². The number of unbranched alkanes of at least 4 members (excludes halogenated alkanes) is 19. The fourth-order valence-electron chi connectivity index (χ4n) is 5.18. The number of nitrogens with zero attached hydrogens (tertiary/aromatic N) is 1. The van der Waals surface area contributed by atoms with E-state index in [2.05, 4.69) is 26.0 Å². The highest BCUT2D eigenvalue weighted by Gasteiger charge is 2.27. The minimum Gasteiger partial charge on any atom is -0.462 e. The number of carbonyl (C=O) groups is 2. The average Bonchev–Trinajstić information content (AvgIpc) is 3.02. The van der Waals surface area contributed by atoms with Crippen molar-refractivity contribution < 1.29 is 42.1 Å². The number of phosphoric acid groups is 1. The highest BCUT2D eigenvalue weighted by atomic mass is 31.2. The number of phosphoric ester groups is 1. The number of carbonyl (C=O) groups excluding carboxylic acids is 2. The Hall–Kier alpha value is -1.25. The summed E-state index contributed by atoms with van der Waals surface area (Å²) in [5.41, 5.74) is 0. The van der Waals surface area contributed by atoms with Gasteiger partial charge >= 0.3 is 19.8 Å². The first-order valence-electron chi connectivity index (χ1n) is 19.4. The van der Waals surface area contributed by atoms with Crippen molar-refractivity contribution in [3.8, 4) is 0 Å². The predicted molar refractivity (Wildman–Crippen MR) is 197 cm³/mol. The van der Waals surface area contributed by atoms with Crippen LogP contribution in [0.15, 0.2) is 12.2 Å². The van der Waals surface area contributed by atoms with Crippen LogP contribution in [0.1, 0.15) is 168 Å². The molecular weight excluding hydrogens is 629 g/mol. The van der Waals surface area contributed by atoms with Gasteiger partial charge in [-0.15, -0.1) is 0 Å². The summed E-state index contributed by atoms with van der Waals surface area (Å²) in [6.45, 7) is 4.38. The number of rotatable bonds is 35. The molecule has 284 valence electrons. The van der Waals surface area contributed by atoms with Gasteiger partial charge in [0.05, 0.1) is 27.7 Å². The number of esters is 2. The molecule has 0 fully saturated rings. The van der Waals surface area contributed by atoms with Gasteiger partial charge in [0.1, 0.15) is 19.8 Å². The molecule has 0 aliphatic heterocycles. The Bertz CT molecular complexity index is 845. The maximum absolute atomic E-state index is 12.6. The SMILES string of the molecule is CCCCCCC/C=C/CCCCCCCC(=O)O[C@H](COC(=O)CCCCCCCCCCCC)COP(=O)(O)OCC[N+](C)(C)C. The molecule has 0 aromatic rings. The molecule has 1 N–H and O–H groups in total. The summed E-state index contributed by atoms with van der Waals surface area (Å²) in [5, 5.41) is 0. The molecule has 1 unspecified atom stereocenters. The molecule has 0 rings (SSSR count). The third-order valence-corrected chi connectivity index (χ3v) is 9.28. The third kappa shape index (κ3) is 34.6. The second-order valence-corrected chi connectivity index (χ2v) is 15.8. The van der Waals surface area contributed by atoms with E-state index in [9.17, 15) is 19.0 Å². The molecule has 0 aromatic heterocycles. The second kappa shape index (κ2) is 31.7. The lowest BCUT2D eigenvalue weighted by Crippen LogP contribution is -2.37. The number of allylic oxidation sites excluding steroid dienone is 2. The molecule has 0 aliphatic carbocycles. The molecule has 0 aromatic carbocycles. The van der Waals surface area contributed by atoms with E-state index in [1.54, 1.807) is 0 Å². The van der Waals surface area contributed by atoms with Crippen LogP contribution in [-0.2, 0) is 32.7 Å². The van der Waals surface area contributed by atoms with Gasteiger partial charge in [-0.2, -0.15) is 0 Å². The first-order chi connectivity index (χ1) is 23.0. The lowest BCUT2D eigenvalue weighted by molar-refractivity contribution is -0.870. The molecule has 2 atom stereocenters. The van der Waals surface area contributed by atoms with Crippen molar-refractivity contribution in [1.82, 2.24) is 0 Å². The van der Waals surface area contributed by atoms with Crippen LogP contribution in [0.4, 0.5) is 0 Å². The molecule has 0 bridgehead atoms. The number of hydrogen-bond donors (Lipinski definition) is 1. The maximum Gasteiger partial charge on any atom is 0.472 e. The highest BCUT2D eigenvalue weighted by molar-refractivity contribution is 7.47.